The lowest BCUT2D eigenvalue weighted by Gasteiger charge is -2.12. The Bertz CT molecular complexity index is 1040. The summed E-state index contributed by atoms with van der Waals surface area (Å²) in [6.07, 6.45) is 0. The van der Waals surface area contributed by atoms with Crippen molar-refractivity contribution in [2.75, 3.05) is 11.9 Å². The molecule has 0 radical (unpaired) electrons. The third kappa shape index (κ3) is 3.39. The molecule has 0 aliphatic carbocycles. The highest BCUT2D eigenvalue weighted by molar-refractivity contribution is 6.06. The van der Waals surface area contributed by atoms with E-state index in [2.05, 4.69) is 15.6 Å². The van der Waals surface area contributed by atoms with Gasteiger partial charge >= 0.3 is 6.03 Å². The molecule has 3 aromatic rings. The number of hydrogen-bond acceptors (Lipinski definition) is 3. The van der Waals surface area contributed by atoms with Gasteiger partial charge in [0.05, 0.1) is 13.1 Å². The number of hydrogen-bond donors (Lipinski definition) is 3. The highest BCUT2D eigenvalue weighted by atomic mass is 16.2. The Labute approximate surface area is 155 Å². The number of H-pyrrole nitrogens is 1. The largest absolute Gasteiger partial charge is 0.351 e. The maximum absolute atomic E-state index is 12.5. The van der Waals surface area contributed by atoms with Crippen molar-refractivity contribution in [1.29, 1.82) is 0 Å². The van der Waals surface area contributed by atoms with E-state index in [1.807, 2.05) is 31.2 Å². The number of aromatic amines is 1. The van der Waals surface area contributed by atoms with E-state index in [-0.39, 0.29) is 30.9 Å². The summed E-state index contributed by atoms with van der Waals surface area (Å²) in [6, 6.07) is 14.5. The molecule has 0 saturated carbocycles. The van der Waals surface area contributed by atoms with Crippen LogP contribution in [0, 0.1) is 6.92 Å². The van der Waals surface area contributed by atoms with Crippen molar-refractivity contribution in [3.05, 3.63) is 65.4 Å². The van der Waals surface area contributed by atoms with Gasteiger partial charge in [0.25, 0.3) is 5.91 Å². The van der Waals surface area contributed by atoms with E-state index in [1.165, 1.54) is 4.90 Å². The Balaban J connectivity index is 1.45. The summed E-state index contributed by atoms with van der Waals surface area (Å²) in [4.78, 5) is 40.0. The number of anilines is 1. The molecule has 1 aliphatic rings. The van der Waals surface area contributed by atoms with Crippen molar-refractivity contribution in [3.63, 3.8) is 0 Å². The standard InChI is InChI=1S/C20H18N4O3/c1-12-2-7-16-14(8-12)9-17(23-16)19(26)22-15-5-3-13(4-6-15)11-24-18(25)10-21-20(24)27/h2-9,23H,10-11H2,1H3,(H,21,27)(H,22,26). The first-order valence-corrected chi connectivity index (χ1v) is 8.57. The lowest BCUT2D eigenvalue weighted by Crippen LogP contribution is -2.30. The fourth-order valence-electron chi connectivity index (χ4n) is 3.06. The van der Waals surface area contributed by atoms with Gasteiger partial charge in [-0.15, -0.1) is 0 Å². The number of aromatic nitrogens is 1. The van der Waals surface area contributed by atoms with Crippen LogP contribution < -0.4 is 10.6 Å². The van der Waals surface area contributed by atoms with Gasteiger partial charge < -0.3 is 15.6 Å². The van der Waals surface area contributed by atoms with Gasteiger partial charge in [-0.3, -0.25) is 14.5 Å². The highest BCUT2D eigenvalue weighted by Crippen LogP contribution is 2.19. The molecule has 0 atom stereocenters. The van der Waals surface area contributed by atoms with Crippen LogP contribution in [0.25, 0.3) is 10.9 Å². The van der Waals surface area contributed by atoms with Crippen molar-refractivity contribution in [2.45, 2.75) is 13.5 Å². The highest BCUT2D eigenvalue weighted by Gasteiger charge is 2.28. The molecule has 1 fully saturated rings. The second-order valence-electron chi connectivity index (χ2n) is 6.56. The van der Waals surface area contributed by atoms with Gasteiger partial charge in [0.1, 0.15) is 5.69 Å². The van der Waals surface area contributed by atoms with Gasteiger partial charge in [-0.25, -0.2) is 4.79 Å². The Morgan fingerprint density at radius 1 is 1.11 bits per heavy atom. The van der Waals surface area contributed by atoms with Gasteiger partial charge in [-0.1, -0.05) is 23.8 Å². The summed E-state index contributed by atoms with van der Waals surface area (Å²) in [5.41, 5.74) is 3.97. The fraction of sp³-hybridized carbons (Fsp3) is 0.150. The minimum atomic E-state index is -0.383. The average Bonchev–Trinajstić information content (AvgIpc) is 3.21. The SMILES string of the molecule is Cc1ccc2[nH]c(C(=O)Nc3ccc(CN4C(=O)CNC4=O)cc3)cc2c1. The zero-order valence-electron chi connectivity index (χ0n) is 14.7. The molecule has 7 nitrogen and oxygen atoms in total. The van der Waals surface area contributed by atoms with Crippen LogP contribution in [0.15, 0.2) is 48.5 Å². The van der Waals surface area contributed by atoms with E-state index >= 15 is 0 Å². The second kappa shape index (κ2) is 6.60. The number of nitrogens with one attached hydrogen (secondary N) is 3. The van der Waals surface area contributed by atoms with Crippen LogP contribution in [-0.2, 0) is 11.3 Å². The van der Waals surface area contributed by atoms with Crippen LogP contribution >= 0.6 is 0 Å². The van der Waals surface area contributed by atoms with Gasteiger partial charge in [-0.2, -0.15) is 0 Å². The molecule has 1 aromatic heterocycles. The lowest BCUT2D eigenvalue weighted by molar-refractivity contribution is -0.125. The van der Waals surface area contributed by atoms with Gasteiger partial charge in [0.2, 0.25) is 5.91 Å². The first kappa shape index (κ1) is 16.8. The summed E-state index contributed by atoms with van der Waals surface area (Å²) in [6.45, 7) is 2.25. The zero-order valence-corrected chi connectivity index (χ0v) is 14.7. The van der Waals surface area contributed by atoms with Crippen LogP contribution in [0.1, 0.15) is 21.6 Å². The molecule has 2 heterocycles. The van der Waals surface area contributed by atoms with Gasteiger partial charge in [-0.05, 0) is 42.8 Å². The molecular weight excluding hydrogens is 344 g/mol. The lowest BCUT2D eigenvalue weighted by atomic mass is 10.2. The Morgan fingerprint density at radius 2 is 1.89 bits per heavy atom. The van der Waals surface area contributed by atoms with E-state index in [0.717, 1.165) is 22.0 Å². The van der Waals surface area contributed by atoms with E-state index in [4.69, 9.17) is 0 Å². The second-order valence-corrected chi connectivity index (χ2v) is 6.56. The Morgan fingerprint density at radius 3 is 2.59 bits per heavy atom. The number of aryl methyl sites for hydroxylation is 1. The molecule has 1 aliphatic heterocycles. The number of benzene rings is 2. The van der Waals surface area contributed by atoms with E-state index in [1.54, 1.807) is 24.3 Å². The molecule has 7 heteroatoms. The van der Waals surface area contributed by atoms with Crippen molar-refractivity contribution in [2.24, 2.45) is 0 Å². The summed E-state index contributed by atoms with van der Waals surface area (Å²) in [5.74, 6) is -0.475. The van der Waals surface area contributed by atoms with Crippen LogP contribution in [0.4, 0.5) is 10.5 Å². The monoisotopic (exact) mass is 362 g/mol. The van der Waals surface area contributed by atoms with Crippen LogP contribution in [0.2, 0.25) is 0 Å². The van der Waals surface area contributed by atoms with E-state index in [0.29, 0.717) is 11.4 Å². The smallest absolute Gasteiger partial charge is 0.324 e. The Kier molecular flexibility index (Phi) is 4.12. The van der Waals surface area contributed by atoms with E-state index in [9.17, 15) is 14.4 Å². The number of nitrogens with zero attached hydrogens (tertiary/aromatic N) is 1. The third-order valence-electron chi connectivity index (χ3n) is 4.51. The fourth-order valence-corrected chi connectivity index (χ4v) is 3.06. The summed E-state index contributed by atoms with van der Waals surface area (Å²) >= 11 is 0. The molecule has 27 heavy (non-hydrogen) atoms. The number of carbonyl (C=O) groups is 3. The predicted molar refractivity (Wildman–Crippen MR) is 101 cm³/mol. The molecule has 3 N–H and O–H groups in total. The Hall–Kier alpha value is -3.61. The first-order chi connectivity index (χ1) is 13.0. The molecule has 136 valence electrons. The van der Waals surface area contributed by atoms with Crippen molar-refractivity contribution in [1.82, 2.24) is 15.2 Å². The first-order valence-electron chi connectivity index (χ1n) is 8.57. The van der Waals surface area contributed by atoms with Crippen LogP contribution in [-0.4, -0.2) is 34.3 Å². The molecule has 1 saturated heterocycles. The number of amides is 4. The maximum Gasteiger partial charge on any atom is 0.324 e. The minimum Gasteiger partial charge on any atom is -0.351 e. The average molecular weight is 362 g/mol. The molecule has 4 rings (SSSR count). The normalized spacial score (nSPS) is 13.9. The number of fused-ring (bicyclic) bond motifs is 1. The number of urea groups is 1. The quantitative estimate of drug-likeness (QED) is 0.623. The minimum absolute atomic E-state index is 0.0387. The zero-order chi connectivity index (χ0) is 19.0. The summed E-state index contributed by atoms with van der Waals surface area (Å²) in [7, 11) is 0. The van der Waals surface area contributed by atoms with Gasteiger partial charge in [0.15, 0.2) is 0 Å². The van der Waals surface area contributed by atoms with Crippen LogP contribution in [0.3, 0.4) is 0 Å². The van der Waals surface area contributed by atoms with Crippen molar-refractivity contribution in [3.8, 4) is 0 Å². The molecule has 0 spiro atoms. The summed E-state index contributed by atoms with van der Waals surface area (Å²) < 4.78 is 0. The molecule has 0 bridgehead atoms. The topological polar surface area (TPSA) is 94.3 Å². The summed E-state index contributed by atoms with van der Waals surface area (Å²) in [5, 5.41) is 6.32. The third-order valence-corrected chi connectivity index (χ3v) is 4.51. The molecular formula is C20H18N4O3. The van der Waals surface area contributed by atoms with Gasteiger partial charge in [0, 0.05) is 16.6 Å². The molecule has 2 aromatic carbocycles. The predicted octanol–water partition coefficient (Wildman–Crippen LogP) is 2.78. The number of imide groups is 1. The number of rotatable bonds is 4. The maximum atomic E-state index is 12.5. The van der Waals surface area contributed by atoms with E-state index < -0.39 is 0 Å². The van der Waals surface area contributed by atoms with Crippen molar-refractivity contribution >= 4 is 34.4 Å². The molecule has 4 amide bonds. The van der Waals surface area contributed by atoms with Crippen LogP contribution in [0.5, 0.6) is 0 Å². The molecule has 0 unspecified atom stereocenters. The number of carbonyl (C=O) groups excluding carboxylic acids is 3. The van der Waals surface area contributed by atoms with Crippen molar-refractivity contribution < 1.29 is 14.4 Å².